The number of methoxy groups -OCH3 is 2. The van der Waals surface area contributed by atoms with E-state index in [9.17, 15) is 4.79 Å². The van der Waals surface area contributed by atoms with Crippen LogP contribution in [0.25, 0.3) is 11.0 Å². The Kier molecular flexibility index (Phi) is 5.71. The predicted molar refractivity (Wildman–Crippen MR) is 114 cm³/mol. The van der Waals surface area contributed by atoms with E-state index in [1.807, 2.05) is 24.3 Å². The molecule has 6 nitrogen and oxygen atoms in total. The van der Waals surface area contributed by atoms with Gasteiger partial charge >= 0.3 is 0 Å². The fourth-order valence-corrected chi connectivity index (χ4v) is 3.81. The lowest BCUT2D eigenvalue weighted by atomic mass is 10.1. The van der Waals surface area contributed by atoms with Gasteiger partial charge in [0.05, 0.1) is 14.2 Å². The molecule has 1 aliphatic rings. The summed E-state index contributed by atoms with van der Waals surface area (Å²) in [7, 11) is 3.25. The van der Waals surface area contributed by atoms with Crippen LogP contribution in [0.3, 0.4) is 0 Å². The summed E-state index contributed by atoms with van der Waals surface area (Å²) in [6, 6.07) is 15.2. The number of benzene rings is 2. The van der Waals surface area contributed by atoms with Gasteiger partial charge in [0, 0.05) is 50.9 Å². The summed E-state index contributed by atoms with van der Waals surface area (Å²) in [6.07, 6.45) is 0.713. The van der Waals surface area contributed by atoms with Crippen molar-refractivity contribution in [2.24, 2.45) is 0 Å². The highest BCUT2D eigenvalue weighted by Crippen LogP contribution is 2.23. The third-order valence-corrected chi connectivity index (χ3v) is 5.47. The molecule has 0 aliphatic carbocycles. The van der Waals surface area contributed by atoms with Gasteiger partial charge in [0.1, 0.15) is 28.2 Å². The molecule has 0 unspecified atom stereocenters. The van der Waals surface area contributed by atoms with E-state index in [-0.39, 0.29) is 5.43 Å². The van der Waals surface area contributed by atoms with Crippen molar-refractivity contribution < 1.29 is 13.9 Å². The summed E-state index contributed by atoms with van der Waals surface area (Å²) in [5.41, 5.74) is 1.75. The molecule has 0 amide bonds. The fourth-order valence-electron chi connectivity index (χ4n) is 3.81. The highest BCUT2D eigenvalue weighted by Gasteiger charge is 2.18. The number of nitrogens with zero attached hydrogens (tertiary/aromatic N) is 2. The molecule has 152 valence electrons. The van der Waals surface area contributed by atoms with Crippen molar-refractivity contribution in [3.05, 3.63) is 64.5 Å². The van der Waals surface area contributed by atoms with Crippen molar-refractivity contribution in [2.45, 2.75) is 6.42 Å². The van der Waals surface area contributed by atoms with Crippen LogP contribution in [0.5, 0.6) is 11.5 Å². The van der Waals surface area contributed by atoms with Crippen molar-refractivity contribution in [3.63, 3.8) is 0 Å². The first-order chi connectivity index (χ1) is 14.2. The lowest BCUT2D eigenvalue weighted by Gasteiger charge is -2.36. The average molecular weight is 394 g/mol. The average Bonchev–Trinajstić information content (AvgIpc) is 2.77. The molecule has 4 rings (SSSR count). The van der Waals surface area contributed by atoms with E-state index in [0.29, 0.717) is 28.9 Å². The Hall–Kier alpha value is -2.99. The van der Waals surface area contributed by atoms with E-state index < -0.39 is 0 Å². The van der Waals surface area contributed by atoms with Gasteiger partial charge in [0.2, 0.25) is 0 Å². The molecule has 0 bridgehead atoms. The summed E-state index contributed by atoms with van der Waals surface area (Å²) in [6.45, 7) is 4.79. The maximum atomic E-state index is 12.5. The Morgan fingerprint density at radius 3 is 2.41 bits per heavy atom. The zero-order valence-electron chi connectivity index (χ0n) is 16.9. The molecule has 2 aromatic carbocycles. The molecule has 2 heterocycles. The number of hydrogen-bond donors (Lipinski definition) is 0. The second-order valence-electron chi connectivity index (χ2n) is 7.19. The maximum absolute atomic E-state index is 12.5. The normalized spacial score (nSPS) is 14.9. The highest BCUT2D eigenvalue weighted by molar-refractivity contribution is 5.83. The van der Waals surface area contributed by atoms with E-state index in [1.165, 1.54) is 5.69 Å². The van der Waals surface area contributed by atoms with Crippen LogP contribution in [0.15, 0.2) is 57.7 Å². The molecule has 1 fully saturated rings. The molecular formula is C23H26N2O4. The Bertz CT molecular complexity index is 1020. The number of piperazine rings is 1. The van der Waals surface area contributed by atoms with Crippen molar-refractivity contribution in [1.29, 1.82) is 0 Å². The number of fused-ring (bicyclic) bond motifs is 1. The van der Waals surface area contributed by atoms with Crippen molar-refractivity contribution in [2.75, 3.05) is 51.8 Å². The molecule has 3 aromatic rings. The van der Waals surface area contributed by atoms with Gasteiger partial charge in [-0.15, -0.1) is 0 Å². The Morgan fingerprint density at radius 1 is 0.966 bits per heavy atom. The van der Waals surface area contributed by atoms with Crippen LogP contribution in [-0.2, 0) is 6.42 Å². The van der Waals surface area contributed by atoms with Crippen LogP contribution < -0.4 is 19.8 Å². The Morgan fingerprint density at radius 2 is 1.72 bits per heavy atom. The van der Waals surface area contributed by atoms with E-state index in [1.54, 1.807) is 26.4 Å². The monoisotopic (exact) mass is 394 g/mol. The lowest BCUT2D eigenvalue weighted by Crippen LogP contribution is -2.47. The Balaban J connectivity index is 1.36. The van der Waals surface area contributed by atoms with Crippen LogP contribution >= 0.6 is 0 Å². The SMILES string of the molecule is COc1ccc(N2CCN(CCc3cc(=O)c4c(OC)cccc4o3)CC2)cc1. The second kappa shape index (κ2) is 8.57. The quantitative estimate of drug-likeness (QED) is 0.640. The van der Waals surface area contributed by atoms with Crippen LogP contribution in [0.4, 0.5) is 5.69 Å². The molecular weight excluding hydrogens is 368 g/mol. The van der Waals surface area contributed by atoms with Crippen LogP contribution in [0.2, 0.25) is 0 Å². The number of ether oxygens (including phenoxy) is 2. The fraction of sp³-hybridized carbons (Fsp3) is 0.348. The van der Waals surface area contributed by atoms with Gasteiger partial charge in [-0.3, -0.25) is 9.69 Å². The first-order valence-electron chi connectivity index (χ1n) is 9.89. The van der Waals surface area contributed by atoms with Gasteiger partial charge in [-0.2, -0.15) is 0 Å². The third-order valence-electron chi connectivity index (χ3n) is 5.47. The van der Waals surface area contributed by atoms with Crippen LogP contribution in [-0.4, -0.2) is 51.8 Å². The number of hydrogen-bond acceptors (Lipinski definition) is 6. The first kappa shape index (κ1) is 19.3. The summed E-state index contributed by atoms with van der Waals surface area (Å²) in [4.78, 5) is 17.3. The van der Waals surface area contributed by atoms with Crippen molar-refractivity contribution in [3.8, 4) is 11.5 Å². The number of anilines is 1. The van der Waals surface area contributed by atoms with Gasteiger partial charge in [0.15, 0.2) is 5.43 Å². The minimum absolute atomic E-state index is 0.0528. The molecule has 6 heteroatoms. The summed E-state index contributed by atoms with van der Waals surface area (Å²) >= 11 is 0. The predicted octanol–water partition coefficient (Wildman–Crippen LogP) is 3.17. The van der Waals surface area contributed by atoms with E-state index in [2.05, 4.69) is 21.9 Å². The van der Waals surface area contributed by atoms with Crippen molar-refractivity contribution >= 4 is 16.7 Å². The molecule has 0 radical (unpaired) electrons. The van der Waals surface area contributed by atoms with Crippen LogP contribution in [0.1, 0.15) is 5.76 Å². The lowest BCUT2D eigenvalue weighted by molar-refractivity contribution is 0.255. The zero-order chi connectivity index (χ0) is 20.2. The minimum atomic E-state index is -0.0528. The largest absolute Gasteiger partial charge is 0.497 e. The minimum Gasteiger partial charge on any atom is -0.497 e. The second-order valence-corrected chi connectivity index (χ2v) is 7.19. The van der Waals surface area contributed by atoms with E-state index >= 15 is 0 Å². The highest BCUT2D eigenvalue weighted by atomic mass is 16.5. The molecule has 29 heavy (non-hydrogen) atoms. The first-order valence-corrected chi connectivity index (χ1v) is 9.89. The van der Waals surface area contributed by atoms with Gasteiger partial charge in [-0.25, -0.2) is 0 Å². The molecule has 0 saturated carbocycles. The van der Waals surface area contributed by atoms with E-state index in [4.69, 9.17) is 13.9 Å². The van der Waals surface area contributed by atoms with Gasteiger partial charge in [-0.1, -0.05) is 6.07 Å². The molecule has 0 spiro atoms. The van der Waals surface area contributed by atoms with Crippen molar-refractivity contribution in [1.82, 2.24) is 4.90 Å². The third kappa shape index (κ3) is 4.22. The molecule has 1 saturated heterocycles. The molecule has 1 aromatic heterocycles. The summed E-state index contributed by atoms with van der Waals surface area (Å²) in [5.74, 6) is 2.15. The molecule has 0 N–H and O–H groups in total. The zero-order valence-corrected chi connectivity index (χ0v) is 16.9. The summed E-state index contributed by atoms with van der Waals surface area (Å²) < 4.78 is 16.5. The standard InChI is InChI=1S/C23H26N2O4/c1-27-18-8-6-17(7-9-18)25-14-12-24(13-15-25)11-10-19-16-20(26)23-21(28-2)4-3-5-22(23)29-19/h3-9,16H,10-15H2,1-2H3. The van der Waals surface area contributed by atoms with Crippen LogP contribution in [0, 0.1) is 0 Å². The molecule has 1 aliphatic heterocycles. The smallest absolute Gasteiger partial charge is 0.196 e. The summed E-state index contributed by atoms with van der Waals surface area (Å²) in [5, 5.41) is 0.506. The molecule has 0 atom stereocenters. The van der Waals surface area contributed by atoms with Gasteiger partial charge < -0.3 is 18.8 Å². The van der Waals surface area contributed by atoms with Gasteiger partial charge in [-0.05, 0) is 36.4 Å². The van der Waals surface area contributed by atoms with Gasteiger partial charge in [0.25, 0.3) is 0 Å². The topological polar surface area (TPSA) is 55.2 Å². The maximum Gasteiger partial charge on any atom is 0.196 e. The Labute approximate surface area is 170 Å². The number of rotatable bonds is 6. The van der Waals surface area contributed by atoms with E-state index in [0.717, 1.165) is 38.5 Å².